The van der Waals surface area contributed by atoms with Gasteiger partial charge in [-0.2, -0.15) is 0 Å². The molecule has 0 amide bonds. The second-order valence-corrected chi connectivity index (χ2v) is 5.08. The number of rotatable bonds is 9. The molecule has 0 aliphatic rings. The van der Waals surface area contributed by atoms with Gasteiger partial charge in [0.25, 0.3) is 0 Å². The minimum atomic E-state index is -0.210. The van der Waals surface area contributed by atoms with Gasteiger partial charge in [-0.15, -0.1) is 0 Å². The molecule has 0 radical (unpaired) electrons. The highest BCUT2D eigenvalue weighted by molar-refractivity contribution is 5.27. The lowest BCUT2D eigenvalue weighted by atomic mass is 10.1. The van der Waals surface area contributed by atoms with E-state index in [9.17, 15) is 0 Å². The minimum Gasteiger partial charge on any atom is -0.497 e. The second-order valence-electron chi connectivity index (χ2n) is 5.08. The third kappa shape index (κ3) is 5.49. The van der Waals surface area contributed by atoms with Crippen molar-refractivity contribution in [2.45, 2.75) is 45.1 Å². The largest absolute Gasteiger partial charge is 0.497 e. The van der Waals surface area contributed by atoms with Gasteiger partial charge in [0.2, 0.25) is 0 Å². The zero-order chi connectivity index (χ0) is 15.0. The van der Waals surface area contributed by atoms with Crippen LogP contribution in [0.1, 0.15) is 25.8 Å². The second kappa shape index (κ2) is 8.95. The Balaban J connectivity index is 2.36. The molecule has 1 aromatic rings. The third-order valence-corrected chi connectivity index (χ3v) is 3.45. The third-order valence-electron chi connectivity index (χ3n) is 3.45. The smallest absolute Gasteiger partial charge is 0.171 e. The van der Waals surface area contributed by atoms with Crippen molar-refractivity contribution in [3.8, 4) is 5.75 Å². The number of aryl methyl sites for hydroxylation is 1. The van der Waals surface area contributed by atoms with Crippen LogP contribution >= 0.6 is 0 Å². The highest BCUT2D eigenvalue weighted by Crippen LogP contribution is 2.13. The average Bonchev–Trinajstić information content (AvgIpc) is 2.47. The molecule has 2 atom stereocenters. The predicted molar refractivity (Wildman–Crippen MR) is 81.2 cm³/mol. The number of hydrogen-bond acceptors (Lipinski definition) is 4. The highest BCUT2D eigenvalue weighted by Gasteiger charge is 2.17. The summed E-state index contributed by atoms with van der Waals surface area (Å²) < 4.78 is 15.7. The fourth-order valence-corrected chi connectivity index (χ4v) is 2.29. The number of nitrogens with one attached hydrogen (secondary N) is 1. The van der Waals surface area contributed by atoms with E-state index >= 15 is 0 Å². The predicted octanol–water partition coefficient (Wildman–Crippen LogP) is 2.61. The van der Waals surface area contributed by atoms with E-state index < -0.39 is 0 Å². The van der Waals surface area contributed by atoms with Crippen LogP contribution in [0.2, 0.25) is 0 Å². The number of benzene rings is 1. The lowest BCUT2D eigenvalue weighted by Crippen LogP contribution is -2.44. The van der Waals surface area contributed by atoms with E-state index in [0.29, 0.717) is 6.04 Å². The maximum Gasteiger partial charge on any atom is 0.171 e. The van der Waals surface area contributed by atoms with Crippen molar-refractivity contribution in [3.05, 3.63) is 29.8 Å². The molecular weight excluding hydrogens is 254 g/mol. The first-order chi connectivity index (χ1) is 9.60. The molecule has 0 spiro atoms. The van der Waals surface area contributed by atoms with Crippen molar-refractivity contribution in [2.24, 2.45) is 0 Å². The average molecular weight is 281 g/mol. The molecule has 114 valence electrons. The molecule has 0 fully saturated rings. The lowest BCUT2D eigenvalue weighted by molar-refractivity contribution is -0.120. The van der Waals surface area contributed by atoms with Gasteiger partial charge in [0.15, 0.2) is 6.29 Å². The van der Waals surface area contributed by atoms with Crippen LogP contribution < -0.4 is 10.1 Å². The van der Waals surface area contributed by atoms with E-state index in [1.807, 2.05) is 12.1 Å². The summed E-state index contributed by atoms with van der Waals surface area (Å²) >= 11 is 0. The standard InChI is InChI=1S/C16H27NO3/c1-12(17-13(2)16(19-4)20-5)6-7-14-8-10-15(18-3)11-9-14/h8-13,16-17H,6-7H2,1-5H3. The SMILES string of the molecule is COc1ccc(CCC(C)NC(C)C(OC)OC)cc1. The Kier molecular flexibility index (Phi) is 7.59. The van der Waals surface area contributed by atoms with E-state index in [4.69, 9.17) is 14.2 Å². The maximum atomic E-state index is 5.25. The topological polar surface area (TPSA) is 39.7 Å². The van der Waals surface area contributed by atoms with Crippen LogP contribution in [-0.2, 0) is 15.9 Å². The Morgan fingerprint density at radius 1 is 1.00 bits per heavy atom. The minimum absolute atomic E-state index is 0.163. The van der Waals surface area contributed by atoms with Crippen LogP contribution in [0, 0.1) is 0 Å². The highest BCUT2D eigenvalue weighted by atomic mass is 16.7. The van der Waals surface area contributed by atoms with Gasteiger partial charge in [0.05, 0.1) is 13.2 Å². The summed E-state index contributed by atoms with van der Waals surface area (Å²) in [5.41, 5.74) is 1.32. The Morgan fingerprint density at radius 3 is 2.10 bits per heavy atom. The lowest BCUT2D eigenvalue weighted by Gasteiger charge is -2.25. The number of hydrogen-bond donors (Lipinski definition) is 1. The zero-order valence-electron chi connectivity index (χ0n) is 13.2. The van der Waals surface area contributed by atoms with E-state index in [2.05, 4.69) is 31.3 Å². The Hall–Kier alpha value is -1.10. The summed E-state index contributed by atoms with van der Waals surface area (Å²) in [5, 5.41) is 3.50. The monoisotopic (exact) mass is 281 g/mol. The molecule has 0 saturated heterocycles. The molecular formula is C16H27NO3. The Bertz CT molecular complexity index is 362. The van der Waals surface area contributed by atoms with Crippen LogP contribution in [0.15, 0.2) is 24.3 Å². The van der Waals surface area contributed by atoms with Gasteiger partial charge in [-0.1, -0.05) is 12.1 Å². The van der Waals surface area contributed by atoms with Gasteiger partial charge in [-0.25, -0.2) is 0 Å². The van der Waals surface area contributed by atoms with Gasteiger partial charge >= 0.3 is 0 Å². The molecule has 0 bridgehead atoms. The molecule has 1 aromatic carbocycles. The van der Waals surface area contributed by atoms with Crippen molar-refractivity contribution in [2.75, 3.05) is 21.3 Å². The van der Waals surface area contributed by atoms with Gasteiger partial charge in [-0.05, 0) is 44.4 Å². The van der Waals surface area contributed by atoms with Crippen molar-refractivity contribution >= 4 is 0 Å². The van der Waals surface area contributed by atoms with Crippen LogP contribution in [0.5, 0.6) is 5.75 Å². The summed E-state index contributed by atoms with van der Waals surface area (Å²) in [6.45, 7) is 4.25. The molecule has 0 aromatic heterocycles. The van der Waals surface area contributed by atoms with Crippen LogP contribution in [-0.4, -0.2) is 39.7 Å². The fraction of sp³-hybridized carbons (Fsp3) is 0.625. The van der Waals surface area contributed by atoms with Gasteiger partial charge < -0.3 is 19.5 Å². The van der Waals surface area contributed by atoms with Crippen molar-refractivity contribution in [3.63, 3.8) is 0 Å². The van der Waals surface area contributed by atoms with Crippen molar-refractivity contribution in [1.29, 1.82) is 0 Å². The summed E-state index contributed by atoms with van der Waals surface area (Å²) in [5.74, 6) is 0.900. The molecule has 1 N–H and O–H groups in total. The number of methoxy groups -OCH3 is 3. The van der Waals surface area contributed by atoms with Crippen LogP contribution in [0.25, 0.3) is 0 Å². The first-order valence-corrected chi connectivity index (χ1v) is 7.05. The molecule has 2 unspecified atom stereocenters. The van der Waals surface area contributed by atoms with Crippen LogP contribution in [0.3, 0.4) is 0 Å². The zero-order valence-corrected chi connectivity index (χ0v) is 13.2. The quantitative estimate of drug-likeness (QED) is 0.706. The molecule has 1 rings (SSSR count). The van der Waals surface area contributed by atoms with Gasteiger partial charge in [0.1, 0.15) is 5.75 Å². The maximum absolute atomic E-state index is 5.25. The van der Waals surface area contributed by atoms with Gasteiger partial charge in [-0.3, -0.25) is 0 Å². The molecule has 0 aliphatic carbocycles. The number of ether oxygens (including phenoxy) is 3. The molecule has 0 heterocycles. The molecule has 0 aliphatic heterocycles. The normalized spacial score (nSPS) is 14.3. The first kappa shape index (κ1) is 17.0. The summed E-state index contributed by atoms with van der Waals surface area (Å²) in [4.78, 5) is 0. The Morgan fingerprint density at radius 2 is 1.60 bits per heavy atom. The van der Waals surface area contributed by atoms with E-state index in [1.54, 1.807) is 21.3 Å². The van der Waals surface area contributed by atoms with E-state index in [0.717, 1.165) is 18.6 Å². The van der Waals surface area contributed by atoms with Crippen molar-refractivity contribution in [1.82, 2.24) is 5.32 Å². The molecule has 0 saturated carbocycles. The Labute approximate surface area is 122 Å². The van der Waals surface area contributed by atoms with E-state index in [-0.39, 0.29) is 12.3 Å². The summed E-state index contributed by atoms with van der Waals surface area (Å²) in [7, 11) is 5.01. The van der Waals surface area contributed by atoms with Crippen molar-refractivity contribution < 1.29 is 14.2 Å². The first-order valence-electron chi connectivity index (χ1n) is 7.05. The summed E-state index contributed by atoms with van der Waals surface area (Å²) in [6.07, 6.45) is 1.89. The fourth-order valence-electron chi connectivity index (χ4n) is 2.29. The molecule has 4 nitrogen and oxygen atoms in total. The van der Waals surface area contributed by atoms with E-state index in [1.165, 1.54) is 5.56 Å². The molecule has 20 heavy (non-hydrogen) atoms. The summed E-state index contributed by atoms with van der Waals surface area (Å²) in [6, 6.07) is 8.80. The van der Waals surface area contributed by atoms with Crippen LogP contribution in [0.4, 0.5) is 0 Å². The van der Waals surface area contributed by atoms with Gasteiger partial charge in [0, 0.05) is 20.3 Å². The molecule has 4 heteroatoms.